The number of anilines is 2. The lowest BCUT2D eigenvalue weighted by Gasteiger charge is -2.37. The number of rotatable bonds is 5. The van der Waals surface area contributed by atoms with Crippen LogP contribution in [0.2, 0.25) is 0 Å². The fraction of sp³-hybridized carbons (Fsp3) is 0.200. The van der Waals surface area contributed by atoms with E-state index >= 15 is 0 Å². The minimum atomic E-state index is -5.00. The molecule has 1 aliphatic heterocycles. The van der Waals surface area contributed by atoms with Gasteiger partial charge in [-0.25, -0.2) is 9.59 Å². The standard InChI is InChI=1S/C25H21F3N4O5/c1-13(33)31-15-9-10-18(17(11-15)25(26,27)28)32-21(24(35)37-3)20(23(34)36-2)19(16(12-29)22(32)30)14-7-5-4-6-8-14/h4-11,19H,30H2,1-3H3,(H,31,33). The van der Waals surface area contributed by atoms with Crippen LogP contribution in [0.5, 0.6) is 0 Å². The lowest BCUT2D eigenvalue weighted by Crippen LogP contribution is -2.41. The van der Waals surface area contributed by atoms with Gasteiger partial charge in [-0.3, -0.25) is 9.69 Å². The maximum absolute atomic E-state index is 14.2. The molecule has 3 rings (SSSR count). The molecule has 0 aromatic heterocycles. The zero-order valence-electron chi connectivity index (χ0n) is 19.8. The van der Waals surface area contributed by atoms with E-state index in [0.717, 1.165) is 33.3 Å². The van der Waals surface area contributed by atoms with Gasteiger partial charge < -0.3 is 20.5 Å². The van der Waals surface area contributed by atoms with Crippen LogP contribution < -0.4 is 16.0 Å². The van der Waals surface area contributed by atoms with Crippen molar-refractivity contribution in [2.45, 2.75) is 19.0 Å². The Morgan fingerprint density at radius 3 is 2.19 bits per heavy atom. The van der Waals surface area contributed by atoms with Crippen LogP contribution in [0.4, 0.5) is 24.5 Å². The van der Waals surface area contributed by atoms with Crippen LogP contribution in [0, 0.1) is 11.3 Å². The Balaban J connectivity index is 2.46. The first-order chi connectivity index (χ1) is 17.5. The highest BCUT2D eigenvalue weighted by Gasteiger charge is 2.45. The molecule has 0 radical (unpaired) electrons. The minimum Gasteiger partial charge on any atom is -0.466 e. The first kappa shape index (κ1) is 26.8. The summed E-state index contributed by atoms with van der Waals surface area (Å²) in [6.45, 7) is 1.12. The number of benzene rings is 2. The van der Waals surface area contributed by atoms with Gasteiger partial charge in [-0.05, 0) is 23.8 Å². The van der Waals surface area contributed by atoms with E-state index < -0.39 is 58.3 Å². The highest BCUT2D eigenvalue weighted by atomic mass is 19.4. The maximum Gasteiger partial charge on any atom is 0.418 e. The number of allylic oxidation sites excluding steroid dienone is 1. The molecule has 1 atom stereocenters. The van der Waals surface area contributed by atoms with Crippen molar-refractivity contribution in [3.8, 4) is 6.07 Å². The van der Waals surface area contributed by atoms with Crippen LogP contribution in [0.3, 0.4) is 0 Å². The first-order valence-electron chi connectivity index (χ1n) is 10.6. The Hall–Kier alpha value is -4.79. The molecule has 2 aromatic carbocycles. The molecule has 12 heteroatoms. The Kier molecular flexibility index (Phi) is 7.57. The van der Waals surface area contributed by atoms with Crippen molar-refractivity contribution < 1.29 is 37.0 Å². The van der Waals surface area contributed by atoms with Crippen molar-refractivity contribution in [1.29, 1.82) is 5.26 Å². The van der Waals surface area contributed by atoms with Crippen molar-refractivity contribution in [3.05, 3.63) is 82.3 Å². The summed E-state index contributed by atoms with van der Waals surface area (Å²) < 4.78 is 52.3. The van der Waals surface area contributed by atoms with Gasteiger partial charge in [0.1, 0.15) is 11.5 Å². The first-order valence-corrected chi connectivity index (χ1v) is 10.6. The summed E-state index contributed by atoms with van der Waals surface area (Å²) in [5.74, 6) is -4.65. The van der Waals surface area contributed by atoms with E-state index in [2.05, 4.69) is 5.32 Å². The number of nitrogens with zero attached hydrogens (tertiary/aromatic N) is 2. The number of amides is 1. The van der Waals surface area contributed by atoms with Crippen LogP contribution in [0.1, 0.15) is 24.0 Å². The number of halogens is 3. The summed E-state index contributed by atoms with van der Waals surface area (Å²) in [5.41, 5.74) is 3.08. The van der Waals surface area contributed by atoms with Crippen LogP contribution in [-0.2, 0) is 30.0 Å². The van der Waals surface area contributed by atoms with Crippen molar-refractivity contribution >= 4 is 29.2 Å². The van der Waals surface area contributed by atoms with E-state index in [4.69, 9.17) is 15.2 Å². The van der Waals surface area contributed by atoms with E-state index in [0.29, 0.717) is 16.5 Å². The average molecular weight is 514 g/mol. The Bertz CT molecular complexity index is 1360. The molecule has 3 N–H and O–H groups in total. The number of nitriles is 1. The number of alkyl halides is 3. The summed E-state index contributed by atoms with van der Waals surface area (Å²) in [4.78, 5) is 38.1. The van der Waals surface area contributed by atoms with E-state index in [9.17, 15) is 32.8 Å². The smallest absolute Gasteiger partial charge is 0.418 e. The van der Waals surface area contributed by atoms with Gasteiger partial charge in [-0.15, -0.1) is 0 Å². The van der Waals surface area contributed by atoms with Gasteiger partial charge in [-0.2, -0.15) is 18.4 Å². The molecule has 192 valence electrons. The predicted octanol–water partition coefficient (Wildman–Crippen LogP) is 3.56. The van der Waals surface area contributed by atoms with Gasteiger partial charge in [0.25, 0.3) is 0 Å². The molecule has 0 saturated heterocycles. The second kappa shape index (κ2) is 10.4. The molecule has 0 fully saturated rings. The van der Waals surface area contributed by atoms with E-state index in [1.54, 1.807) is 30.3 Å². The van der Waals surface area contributed by atoms with Gasteiger partial charge in [0.15, 0.2) is 0 Å². The molecule has 1 aliphatic rings. The van der Waals surface area contributed by atoms with Gasteiger partial charge in [0.2, 0.25) is 5.91 Å². The normalized spacial score (nSPS) is 15.7. The van der Waals surface area contributed by atoms with Crippen molar-refractivity contribution in [2.24, 2.45) is 5.73 Å². The molecular formula is C25H21F3N4O5. The number of hydrogen-bond donors (Lipinski definition) is 2. The third-order valence-electron chi connectivity index (χ3n) is 5.47. The molecule has 0 bridgehead atoms. The third-order valence-corrected chi connectivity index (χ3v) is 5.47. The Morgan fingerprint density at radius 2 is 1.68 bits per heavy atom. The molecule has 1 unspecified atom stereocenters. The second-order valence-corrected chi connectivity index (χ2v) is 7.75. The molecule has 1 heterocycles. The van der Waals surface area contributed by atoms with Crippen LogP contribution in [0.25, 0.3) is 0 Å². The van der Waals surface area contributed by atoms with Gasteiger partial charge >= 0.3 is 18.1 Å². The van der Waals surface area contributed by atoms with E-state index in [-0.39, 0.29) is 11.3 Å². The number of esters is 2. The van der Waals surface area contributed by atoms with Crippen molar-refractivity contribution in [3.63, 3.8) is 0 Å². The van der Waals surface area contributed by atoms with Crippen LogP contribution >= 0.6 is 0 Å². The van der Waals surface area contributed by atoms with Crippen LogP contribution in [0.15, 0.2) is 71.2 Å². The SMILES string of the molecule is COC(=O)C1=C(C(=O)OC)N(c2ccc(NC(C)=O)cc2C(F)(F)F)C(N)=C(C#N)C1c1ccccc1. The number of carbonyl (C=O) groups is 3. The number of methoxy groups -OCH3 is 2. The molecule has 0 aliphatic carbocycles. The minimum absolute atomic E-state index is 0.178. The fourth-order valence-corrected chi connectivity index (χ4v) is 4.00. The molecule has 2 aromatic rings. The van der Waals surface area contributed by atoms with Gasteiger partial charge in [-0.1, -0.05) is 30.3 Å². The molecule has 37 heavy (non-hydrogen) atoms. The molecule has 1 amide bonds. The van der Waals surface area contributed by atoms with Crippen molar-refractivity contribution in [1.82, 2.24) is 0 Å². The molecule has 9 nitrogen and oxygen atoms in total. The third kappa shape index (κ3) is 5.11. The monoisotopic (exact) mass is 514 g/mol. The zero-order valence-corrected chi connectivity index (χ0v) is 19.8. The second-order valence-electron chi connectivity index (χ2n) is 7.75. The lowest BCUT2D eigenvalue weighted by atomic mass is 9.80. The van der Waals surface area contributed by atoms with E-state index in [1.165, 1.54) is 0 Å². The maximum atomic E-state index is 14.2. The number of carbonyl (C=O) groups excluding carboxylic acids is 3. The molecule has 0 spiro atoms. The largest absolute Gasteiger partial charge is 0.466 e. The van der Waals surface area contributed by atoms with Gasteiger partial charge in [0.05, 0.1) is 48.6 Å². The quantitative estimate of drug-likeness (QED) is 0.579. The summed E-state index contributed by atoms with van der Waals surface area (Å²) in [6.07, 6.45) is -5.00. The Labute approximate surface area is 209 Å². The fourth-order valence-electron chi connectivity index (χ4n) is 4.00. The average Bonchev–Trinajstić information content (AvgIpc) is 2.86. The van der Waals surface area contributed by atoms with Gasteiger partial charge in [0, 0.05) is 12.6 Å². The number of nitrogens with two attached hydrogens (primary N) is 1. The summed E-state index contributed by atoms with van der Waals surface area (Å²) >= 11 is 0. The highest BCUT2D eigenvalue weighted by Crippen LogP contribution is 2.46. The molecular weight excluding hydrogens is 493 g/mol. The van der Waals surface area contributed by atoms with E-state index in [1.807, 2.05) is 6.07 Å². The lowest BCUT2D eigenvalue weighted by molar-refractivity contribution is -0.139. The predicted molar refractivity (Wildman–Crippen MR) is 125 cm³/mol. The summed E-state index contributed by atoms with van der Waals surface area (Å²) in [6, 6.07) is 12.6. The van der Waals surface area contributed by atoms with Crippen molar-refractivity contribution in [2.75, 3.05) is 24.4 Å². The zero-order chi connectivity index (χ0) is 27.5. The van der Waals surface area contributed by atoms with Crippen LogP contribution in [-0.4, -0.2) is 32.1 Å². The summed E-state index contributed by atoms with van der Waals surface area (Å²) in [5, 5.41) is 12.3. The number of hydrogen-bond acceptors (Lipinski definition) is 8. The number of nitrogens with one attached hydrogen (secondary N) is 1. The molecule has 0 saturated carbocycles. The Morgan fingerprint density at radius 1 is 1.05 bits per heavy atom. The highest BCUT2D eigenvalue weighted by molar-refractivity contribution is 6.06. The topological polar surface area (TPSA) is 135 Å². The number of ether oxygens (including phenoxy) is 2. The summed E-state index contributed by atoms with van der Waals surface area (Å²) in [7, 11) is 2.00.